The number of hydrogen-bond donors (Lipinski definition) is 0. The van der Waals surface area contributed by atoms with Crippen molar-refractivity contribution in [1.82, 2.24) is 4.90 Å². The minimum absolute atomic E-state index is 0.0750. The Balaban J connectivity index is 2.51. The van der Waals surface area contributed by atoms with Crippen molar-refractivity contribution >= 4 is 5.70 Å². The summed E-state index contributed by atoms with van der Waals surface area (Å²) in [6, 6.07) is 4.30. The SMILES string of the molecule is C=C1C(C)=CC=C(c2c(F)cccc2OCOC)N1CC(F)F. The van der Waals surface area contributed by atoms with Crippen LogP contribution in [0.2, 0.25) is 0 Å². The van der Waals surface area contributed by atoms with Gasteiger partial charge in [0.2, 0.25) is 0 Å². The molecule has 0 saturated heterocycles. The van der Waals surface area contributed by atoms with Crippen molar-refractivity contribution in [3.8, 4) is 5.75 Å². The fourth-order valence-corrected chi connectivity index (χ4v) is 2.31. The third kappa shape index (κ3) is 3.76. The highest BCUT2D eigenvalue weighted by atomic mass is 19.3. The van der Waals surface area contributed by atoms with E-state index in [0.29, 0.717) is 5.70 Å². The van der Waals surface area contributed by atoms with E-state index in [1.165, 1.54) is 24.1 Å². The molecule has 6 heteroatoms. The fraction of sp³-hybridized carbons (Fsp3) is 0.294. The molecular formula is C17H18F3NO2. The standard InChI is InChI=1S/C17H18F3NO2/c1-11-7-8-14(21(12(11)2)9-16(19)20)17-13(18)5-4-6-15(17)23-10-22-3/h4-8,16H,2,9-10H2,1,3H3. The van der Waals surface area contributed by atoms with Gasteiger partial charge in [0, 0.05) is 12.8 Å². The largest absolute Gasteiger partial charge is 0.467 e. The van der Waals surface area contributed by atoms with Crippen LogP contribution < -0.4 is 4.74 Å². The first kappa shape index (κ1) is 17.1. The second-order valence-corrected chi connectivity index (χ2v) is 5.01. The van der Waals surface area contributed by atoms with Gasteiger partial charge in [0.15, 0.2) is 6.79 Å². The number of hydrogen-bond acceptors (Lipinski definition) is 3. The van der Waals surface area contributed by atoms with E-state index in [2.05, 4.69) is 6.58 Å². The van der Waals surface area contributed by atoms with Gasteiger partial charge in [0.25, 0.3) is 6.43 Å². The number of allylic oxidation sites excluding steroid dienone is 3. The Morgan fingerprint density at radius 3 is 2.65 bits per heavy atom. The van der Waals surface area contributed by atoms with Crippen molar-refractivity contribution in [3.05, 3.63) is 59.6 Å². The van der Waals surface area contributed by atoms with Gasteiger partial charge in [-0.1, -0.05) is 18.7 Å². The van der Waals surface area contributed by atoms with Crippen LogP contribution in [-0.2, 0) is 4.74 Å². The van der Waals surface area contributed by atoms with E-state index in [1.807, 2.05) is 0 Å². The number of benzene rings is 1. The molecule has 0 saturated carbocycles. The highest BCUT2D eigenvalue weighted by Gasteiger charge is 2.26. The Morgan fingerprint density at radius 1 is 1.26 bits per heavy atom. The van der Waals surface area contributed by atoms with Crippen molar-refractivity contribution in [2.24, 2.45) is 0 Å². The number of rotatable bonds is 6. The number of halogens is 3. The molecule has 0 unspecified atom stereocenters. The predicted octanol–water partition coefficient (Wildman–Crippen LogP) is 4.19. The summed E-state index contributed by atoms with van der Waals surface area (Å²) < 4.78 is 50.4. The van der Waals surface area contributed by atoms with E-state index in [0.717, 1.165) is 5.57 Å². The van der Waals surface area contributed by atoms with Gasteiger partial charge in [-0.15, -0.1) is 0 Å². The smallest absolute Gasteiger partial charge is 0.256 e. The Labute approximate surface area is 133 Å². The molecule has 0 N–H and O–H groups in total. The zero-order chi connectivity index (χ0) is 17.0. The number of alkyl halides is 2. The molecule has 3 nitrogen and oxygen atoms in total. The quantitative estimate of drug-likeness (QED) is 0.732. The van der Waals surface area contributed by atoms with Crippen molar-refractivity contribution in [2.45, 2.75) is 13.3 Å². The Hall–Kier alpha value is -2.21. The van der Waals surface area contributed by atoms with Gasteiger partial charge in [-0.2, -0.15) is 0 Å². The third-order valence-electron chi connectivity index (χ3n) is 3.45. The number of methoxy groups -OCH3 is 1. The van der Waals surface area contributed by atoms with E-state index in [-0.39, 0.29) is 23.8 Å². The summed E-state index contributed by atoms with van der Waals surface area (Å²) in [7, 11) is 1.44. The van der Waals surface area contributed by atoms with Gasteiger partial charge < -0.3 is 14.4 Å². The van der Waals surface area contributed by atoms with Gasteiger partial charge in [-0.3, -0.25) is 0 Å². The summed E-state index contributed by atoms with van der Waals surface area (Å²) in [5.74, 6) is -0.344. The molecule has 0 fully saturated rings. The van der Waals surface area contributed by atoms with Crippen molar-refractivity contribution in [3.63, 3.8) is 0 Å². The molecule has 0 amide bonds. The molecular weight excluding hydrogens is 307 g/mol. The van der Waals surface area contributed by atoms with E-state index in [9.17, 15) is 13.2 Å². The van der Waals surface area contributed by atoms with E-state index in [1.54, 1.807) is 25.1 Å². The molecule has 0 atom stereocenters. The molecule has 1 aromatic rings. The van der Waals surface area contributed by atoms with Crippen LogP contribution in [0.25, 0.3) is 5.70 Å². The summed E-state index contributed by atoms with van der Waals surface area (Å²) in [4.78, 5) is 1.30. The van der Waals surface area contributed by atoms with Gasteiger partial charge in [-0.25, -0.2) is 13.2 Å². The molecule has 0 aromatic heterocycles. The molecule has 0 spiro atoms. The summed E-state index contributed by atoms with van der Waals surface area (Å²) >= 11 is 0. The molecule has 2 rings (SSSR count). The fourth-order valence-electron chi connectivity index (χ4n) is 2.31. The molecule has 0 bridgehead atoms. The van der Waals surface area contributed by atoms with Crippen LogP contribution >= 0.6 is 0 Å². The second kappa shape index (κ2) is 7.37. The van der Waals surface area contributed by atoms with Crippen LogP contribution in [0.1, 0.15) is 12.5 Å². The summed E-state index contributed by atoms with van der Waals surface area (Å²) in [6.45, 7) is 4.93. The molecule has 1 aliphatic heterocycles. The number of ether oxygens (including phenoxy) is 2. The Kier molecular flexibility index (Phi) is 5.50. The second-order valence-electron chi connectivity index (χ2n) is 5.01. The molecule has 1 aliphatic rings. The van der Waals surface area contributed by atoms with Crippen LogP contribution in [0, 0.1) is 5.82 Å². The molecule has 124 valence electrons. The monoisotopic (exact) mass is 325 g/mol. The zero-order valence-corrected chi connectivity index (χ0v) is 13.0. The molecule has 0 radical (unpaired) electrons. The lowest BCUT2D eigenvalue weighted by Gasteiger charge is -2.32. The van der Waals surface area contributed by atoms with Crippen LogP contribution in [0.4, 0.5) is 13.2 Å². The Bertz CT molecular complexity index is 653. The summed E-state index contributed by atoms with van der Waals surface area (Å²) in [5, 5.41) is 0. The molecule has 0 aliphatic carbocycles. The van der Waals surface area contributed by atoms with Gasteiger partial charge in [0.05, 0.1) is 17.8 Å². The first-order valence-corrected chi connectivity index (χ1v) is 7.00. The third-order valence-corrected chi connectivity index (χ3v) is 3.45. The maximum Gasteiger partial charge on any atom is 0.256 e. The topological polar surface area (TPSA) is 21.7 Å². The summed E-state index contributed by atoms with van der Waals surface area (Å²) in [6.07, 6.45) is 0.715. The first-order valence-electron chi connectivity index (χ1n) is 7.00. The maximum absolute atomic E-state index is 14.4. The van der Waals surface area contributed by atoms with E-state index >= 15 is 0 Å². The minimum atomic E-state index is -2.59. The summed E-state index contributed by atoms with van der Waals surface area (Å²) in [5.41, 5.74) is 1.54. The predicted molar refractivity (Wildman–Crippen MR) is 82.5 cm³/mol. The highest BCUT2D eigenvalue weighted by Crippen LogP contribution is 2.37. The lowest BCUT2D eigenvalue weighted by molar-refractivity contribution is 0.0505. The lowest BCUT2D eigenvalue weighted by Crippen LogP contribution is -2.29. The van der Waals surface area contributed by atoms with Gasteiger partial charge in [-0.05, 0) is 30.7 Å². The number of nitrogens with zero attached hydrogens (tertiary/aromatic N) is 1. The first-order chi connectivity index (χ1) is 11.0. The van der Waals surface area contributed by atoms with Crippen LogP contribution in [0.5, 0.6) is 5.75 Å². The highest BCUT2D eigenvalue weighted by molar-refractivity contribution is 5.74. The van der Waals surface area contributed by atoms with Gasteiger partial charge >= 0.3 is 0 Å². The average molecular weight is 325 g/mol. The lowest BCUT2D eigenvalue weighted by atomic mass is 10.0. The van der Waals surface area contributed by atoms with Gasteiger partial charge in [0.1, 0.15) is 11.6 Å². The van der Waals surface area contributed by atoms with Crippen molar-refractivity contribution in [2.75, 3.05) is 20.4 Å². The van der Waals surface area contributed by atoms with E-state index in [4.69, 9.17) is 9.47 Å². The van der Waals surface area contributed by atoms with E-state index < -0.39 is 18.8 Å². The molecule has 1 heterocycles. The van der Waals surface area contributed by atoms with Crippen molar-refractivity contribution in [1.29, 1.82) is 0 Å². The maximum atomic E-state index is 14.4. The van der Waals surface area contributed by atoms with Crippen LogP contribution in [0.3, 0.4) is 0 Å². The van der Waals surface area contributed by atoms with Crippen molar-refractivity contribution < 1.29 is 22.6 Å². The molecule has 23 heavy (non-hydrogen) atoms. The minimum Gasteiger partial charge on any atom is -0.467 e. The molecule has 1 aromatic carbocycles. The van der Waals surface area contributed by atoms with Crippen LogP contribution in [0.15, 0.2) is 48.2 Å². The average Bonchev–Trinajstić information content (AvgIpc) is 2.50. The Morgan fingerprint density at radius 2 is 2.00 bits per heavy atom. The van der Waals surface area contributed by atoms with Crippen LogP contribution in [-0.4, -0.2) is 31.8 Å². The zero-order valence-electron chi connectivity index (χ0n) is 13.0. The normalized spacial score (nSPS) is 14.9.